The van der Waals surface area contributed by atoms with Gasteiger partial charge >= 0.3 is 0 Å². The third-order valence-electron chi connectivity index (χ3n) is 1.48. The van der Waals surface area contributed by atoms with E-state index in [1.54, 1.807) is 4.91 Å². The van der Waals surface area contributed by atoms with Crippen molar-refractivity contribution in [3.63, 3.8) is 0 Å². The smallest absolute Gasteiger partial charge is 0.00117 e. The Labute approximate surface area is 68.1 Å². The van der Waals surface area contributed by atoms with Crippen molar-refractivity contribution in [2.75, 3.05) is 5.75 Å². The predicted octanol–water partition coefficient (Wildman–Crippen LogP) is 3.44. The highest BCUT2D eigenvalue weighted by atomic mass is 32.2. The van der Waals surface area contributed by atoms with Gasteiger partial charge in [-0.15, -0.1) is 11.8 Å². The first kappa shape index (κ1) is 8.19. The van der Waals surface area contributed by atoms with Gasteiger partial charge in [-0.3, -0.25) is 0 Å². The second-order valence-corrected chi connectivity index (χ2v) is 5.27. The van der Waals surface area contributed by atoms with Crippen LogP contribution >= 0.6 is 11.8 Å². The van der Waals surface area contributed by atoms with Crippen molar-refractivity contribution >= 4 is 11.8 Å². The van der Waals surface area contributed by atoms with Crippen LogP contribution in [0.3, 0.4) is 0 Å². The van der Waals surface area contributed by atoms with Crippen LogP contribution in [0.25, 0.3) is 0 Å². The van der Waals surface area contributed by atoms with Gasteiger partial charge in [0.05, 0.1) is 0 Å². The summed E-state index contributed by atoms with van der Waals surface area (Å²) in [5.74, 6) is 1.31. The van der Waals surface area contributed by atoms with Crippen LogP contribution < -0.4 is 0 Å². The van der Waals surface area contributed by atoms with Gasteiger partial charge in [0, 0.05) is 5.75 Å². The van der Waals surface area contributed by atoms with Gasteiger partial charge in [0.25, 0.3) is 0 Å². The van der Waals surface area contributed by atoms with E-state index in [1.165, 1.54) is 18.6 Å². The van der Waals surface area contributed by atoms with Gasteiger partial charge in [-0.05, 0) is 23.2 Å². The first-order valence-corrected chi connectivity index (χ1v) is 4.88. The molecule has 0 unspecified atom stereocenters. The van der Waals surface area contributed by atoms with Crippen molar-refractivity contribution in [1.82, 2.24) is 0 Å². The second-order valence-electron chi connectivity index (χ2n) is 4.05. The molecule has 0 fully saturated rings. The molecule has 0 aromatic carbocycles. The molecule has 0 spiro atoms. The van der Waals surface area contributed by atoms with Crippen LogP contribution in [-0.2, 0) is 0 Å². The van der Waals surface area contributed by atoms with Crippen molar-refractivity contribution < 1.29 is 0 Å². The molecule has 0 aromatic heterocycles. The van der Waals surface area contributed by atoms with Crippen molar-refractivity contribution in [3.8, 4) is 0 Å². The number of thioether (sulfide) groups is 1. The molecule has 0 saturated heterocycles. The van der Waals surface area contributed by atoms with Gasteiger partial charge < -0.3 is 0 Å². The Bertz CT molecular complexity index is 139. The number of hydrogen-bond acceptors (Lipinski definition) is 1. The topological polar surface area (TPSA) is 0 Å². The lowest BCUT2D eigenvalue weighted by molar-refractivity contribution is 0.417. The molecule has 1 aliphatic heterocycles. The molecule has 1 heteroatoms. The van der Waals surface area contributed by atoms with Gasteiger partial charge in [0.15, 0.2) is 0 Å². The van der Waals surface area contributed by atoms with Gasteiger partial charge in [-0.1, -0.05) is 26.8 Å². The molecule has 0 aliphatic carbocycles. The van der Waals surface area contributed by atoms with E-state index < -0.39 is 0 Å². The van der Waals surface area contributed by atoms with Crippen molar-refractivity contribution in [2.24, 2.45) is 5.41 Å². The van der Waals surface area contributed by atoms with Crippen LogP contribution in [0, 0.1) is 5.41 Å². The molecular weight excluding hydrogens is 140 g/mol. The van der Waals surface area contributed by atoms with E-state index in [4.69, 9.17) is 0 Å². The normalized spacial score (nSPS) is 19.3. The molecule has 10 heavy (non-hydrogen) atoms. The van der Waals surface area contributed by atoms with Crippen LogP contribution in [0.1, 0.15) is 33.6 Å². The fraction of sp³-hybridized carbons (Fsp3) is 0.778. The molecule has 0 aromatic rings. The van der Waals surface area contributed by atoms with Crippen molar-refractivity contribution in [1.29, 1.82) is 0 Å². The number of allylic oxidation sites excluding steroid dienone is 2. The Balaban J connectivity index is 2.38. The maximum atomic E-state index is 2.38. The molecule has 58 valence electrons. The van der Waals surface area contributed by atoms with Gasteiger partial charge in [-0.25, -0.2) is 0 Å². The zero-order chi connectivity index (χ0) is 7.61. The summed E-state index contributed by atoms with van der Waals surface area (Å²) in [6.07, 6.45) is 4.93. The summed E-state index contributed by atoms with van der Waals surface area (Å²) in [6.45, 7) is 6.90. The molecule has 1 heterocycles. The van der Waals surface area contributed by atoms with Gasteiger partial charge in [-0.2, -0.15) is 0 Å². The molecule has 0 bridgehead atoms. The minimum Gasteiger partial charge on any atom is -0.131 e. The Hall–Kier alpha value is 0.0900. The Morgan fingerprint density at radius 2 is 2.20 bits per heavy atom. The van der Waals surface area contributed by atoms with E-state index >= 15 is 0 Å². The lowest BCUT2D eigenvalue weighted by Gasteiger charge is -2.17. The molecule has 0 amide bonds. The number of hydrogen-bond donors (Lipinski definition) is 0. The van der Waals surface area contributed by atoms with Crippen LogP contribution in [0.5, 0.6) is 0 Å². The maximum Gasteiger partial charge on any atom is 0.00117 e. The van der Waals surface area contributed by atoms with Crippen LogP contribution in [0.4, 0.5) is 0 Å². The number of rotatable bonds is 1. The average molecular weight is 156 g/mol. The minimum atomic E-state index is 0.475. The highest BCUT2D eigenvalue weighted by molar-refractivity contribution is 8.03. The standard InChI is InChI=1S/C9H16S/c1-9(2,3)7-8-5-4-6-10-8/h5H,4,6-7H2,1-3H3. The SMILES string of the molecule is CC(C)(C)CC1=CCCS1. The van der Waals surface area contributed by atoms with E-state index in [0.717, 1.165) is 0 Å². The summed E-state index contributed by atoms with van der Waals surface area (Å²) in [7, 11) is 0. The minimum absolute atomic E-state index is 0.475. The van der Waals surface area contributed by atoms with Gasteiger partial charge in [0.1, 0.15) is 0 Å². The zero-order valence-electron chi connectivity index (χ0n) is 7.11. The fourth-order valence-electron chi connectivity index (χ4n) is 1.11. The summed E-state index contributed by atoms with van der Waals surface area (Å²) in [6, 6.07) is 0. The van der Waals surface area contributed by atoms with Gasteiger partial charge in [0.2, 0.25) is 0 Å². The third-order valence-corrected chi connectivity index (χ3v) is 2.60. The van der Waals surface area contributed by atoms with Crippen LogP contribution in [-0.4, -0.2) is 5.75 Å². The molecule has 1 aliphatic rings. The zero-order valence-corrected chi connectivity index (χ0v) is 7.92. The van der Waals surface area contributed by atoms with Crippen molar-refractivity contribution in [2.45, 2.75) is 33.6 Å². The average Bonchev–Trinajstić information content (AvgIpc) is 2.12. The lowest BCUT2D eigenvalue weighted by atomic mass is 9.92. The van der Waals surface area contributed by atoms with Crippen molar-refractivity contribution in [3.05, 3.63) is 11.0 Å². The van der Waals surface area contributed by atoms with E-state index in [9.17, 15) is 0 Å². The van der Waals surface area contributed by atoms with E-state index in [2.05, 4.69) is 26.8 Å². The molecule has 0 atom stereocenters. The first-order chi connectivity index (χ1) is 4.58. The second kappa shape index (κ2) is 3.00. The highest BCUT2D eigenvalue weighted by Gasteiger charge is 2.15. The van der Waals surface area contributed by atoms with E-state index in [-0.39, 0.29) is 0 Å². The Kier molecular flexibility index (Phi) is 2.45. The third kappa shape index (κ3) is 2.78. The summed E-state index contributed by atoms with van der Waals surface area (Å²) < 4.78 is 0. The lowest BCUT2D eigenvalue weighted by Crippen LogP contribution is -2.04. The quantitative estimate of drug-likeness (QED) is 0.560. The maximum absolute atomic E-state index is 2.38. The van der Waals surface area contributed by atoms with Crippen LogP contribution in [0.2, 0.25) is 0 Å². The summed E-state index contributed by atoms with van der Waals surface area (Å²) >= 11 is 2.03. The largest absolute Gasteiger partial charge is 0.131 e. The Morgan fingerprint density at radius 1 is 1.50 bits per heavy atom. The summed E-state index contributed by atoms with van der Waals surface area (Å²) in [5, 5.41) is 0. The predicted molar refractivity (Wildman–Crippen MR) is 49.2 cm³/mol. The fourth-order valence-corrected chi connectivity index (χ4v) is 2.38. The highest BCUT2D eigenvalue weighted by Crippen LogP contribution is 2.34. The van der Waals surface area contributed by atoms with E-state index in [0.29, 0.717) is 5.41 Å². The molecule has 0 nitrogen and oxygen atoms in total. The molecule has 1 rings (SSSR count). The molecule has 0 N–H and O–H groups in total. The monoisotopic (exact) mass is 156 g/mol. The molecule has 0 saturated carbocycles. The van der Waals surface area contributed by atoms with Crippen LogP contribution in [0.15, 0.2) is 11.0 Å². The molecular formula is C9H16S. The Morgan fingerprint density at radius 3 is 2.60 bits per heavy atom. The van der Waals surface area contributed by atoms with E-state index in [1.807, 2.05) is 11.8 Å². The summed E-state index contributed by atoms with van der Waals surface area (Å²) in [4.78, 5) is 1.60. The molecule has 0 radical (unpaired) electrons. The summed E-state index contributed by atoms with van der Waals surface area (Å²) in [5.41, 5.74) is 0.475. The first-order valence-electron chi connectivity index (χ1n) is 3.90.